The van der Waals surface area contributed by atoms with Crippen molar-refractivity contribution in [1.29, 1.82) is 0 Å². The number of hydrogen-bond donors (Lipinski definition) is 0. The standard InChI is InChI=1S/C13H18BrClN2/c1-10-9-17(6-5-16(10)2)13-4-3-12(15)7-11(13)8-14/h3-4,7,10H,5-6,8-9H2,1-2H3. The highest BCUT2D eigenvalue weighted by atomic mass is 79.9. The summed E-state index contributed by atoms with van der Waals surface area (Å²) in [5.41, 5.74) is 2.58. The predicted molar refractivity (Wildman–Crippen MR) is 78.4 cm³/mol. The minimum Gasteiger partial charge on any atom is -0.368 e. The number of rotatable bonds is 2. The molecule has 1 aromatic rings. The lowest BCUT2D eigenvalue weighted by atomic mass is 10.1. The third-order valence-corrected chi connectivity index (χ3v) is 4.33. The van der Waals surface area contributed by atoms with Gasteiger partial charge in [0.2, 0.25) is 0 Å². The van der Waals surface area contributed by atoms with E-state index in [0.29, 0.717) is 6.04 Å². The van der Waals surface area contributed by atoms with Gasteiger partial charge in [0.15, 0.2) is 0 Å². The maximum absolute atomic E-state index is 6.04. The molecule has 1 saturated heterocycles. The van der Waals surface area contributed by atoms with Crippen LogP contribution in [0.5, 0.6) is 0 Å². The van der Waals surface area contributed by atoms with Crippen molar-refractivity contribution >= 4 is 33.2 Å². The lowest BCUT2D eigenvalue weighted by Gasteiger charge is -2.39. The van der Waals surface area contributed by atoms with Gasteiger partial charge in [0.05, 0.1) is 0 Å². The van der Waals surface area contributed by atoms with Gasteiger partial charge in [-0.3, -0.25) is 0 Å². The molecule has 1 atom stereocenters. The minimum atomic E-state index is 0.600. The second-order valence-electron chi connectivity index (χ2n) is 4.68. The summed E-state index contributed by atoms with van der Waals surface area (Å²) in [6.07, 6.45) is 0. The summed E-state index contributed by atoms with van der Waals surface area (Å²) in [4.78, 5) is 4.86. The van der Waals surface area contributed by atoms with Crippen LogP contribution in [0.4, 0.5) is 5.69 Å². The molecule has 2 nitrogen and oxygen atoms in total. The van der Waals surface area contributed by atoms with Gasteiger partial charge >= 0.3 is 0 Å². The highest BCUT2D eigenvalue weighted by Gasteiger charge is 2.22. The number of anilines is 1. The summed E-state index contributed by atoms with van der Waals surface area (Å²) in [7, 11) is 2.19. The first-order chi connectivity index (χ1) is 8.11. The van der Waals surface area contributed by atoms with Crippen molar-refractivity contribution in [2.24, 2.45) is 0 Å². The Bertz CT molecular complexity index is 397. The molecule has 0 aromatic heterocycles. The van der Waals surface area contributed by atoms with Gasteiger partial charge in [0.1, 0.15) is 0 Å². The normalized spacial score (nSPS) is 21.9. The summed E-state index contributed by atoms with van der Waals surface area (Å²) in [5, 5.41) is 1.66. The molecule has 4 heteroatoms. The van der Waals surface area contributed by atoms with E-state index in [1.165, 1.54) is 11.3 Å². The summed E-state index contributed by atoms with van der Waals surface area (Å²) in [6.45, 7) is 5.56. The van der Waals surface area contributed by atoms with E-state index in [2.05, 4.69) is 51.8 Å². The monoisotopic (exact) mass is 316 g/mol. The molecule has 0 spiro atoms. The fraction of sp³-hybridized carbons (Fsp3) is 0.538. The Morgan fingerprint density at radius 1 is 1.41 bits per heavy atom. The van der Waals surface area contributed by atoms with Crippen molar-refractivity contribution in [2.45, 2.75) is 18.3 Å². The van der Waals surface area contributed by atoms with Crippen molar-refractivity contribution in [1.82, 2.24) is 4.90 Å². The lowest BCUT2D eigenvalue weighted by molar-refractivity contribution is 0.234. The second-order valence-corrected chi connectivity index (χ2v) is 5.68. The number of hydrogen-bond acceptors (Lipinski definition) is 2. The topological polar surface area (TPSA) is 6.48 Å². The van der Waals surface area contributed by atoms with Crippen LogP contribution in [0.1, 0.15) is 12.5 Å². The van der Waals surface area contributed by atoms with Crippen molar-refractivity contribution in [2.75, 3.05) is 31.6 Å². The van der Waals surface area contributed by atoms with Crippen LogP contribution < -0.4 is 4.90 Å². The van der Waals surface area contributed by atoms with Crippen molar-refractivity contribution < 1.29 is 0 Å². The third kappa shape index (κ3) is 2.95. The van der Waals surface area contributed by atoms with E-state index in [1.54, 1.807) is 0 Å². The van der Waals surface area contributed by atoms with Crippen LogP contribution in [0, 0.1) is 0 Å². The zero-order valence-corrected chi connectivity index (χ0v) is 12.6. The molecule has 1 aliphatic rings. The Labute approximate surface area is 117 Å². The predicted octanol–water partition coefficient (Wildman–Crippen LogP) is 3.38. The van der Waals surface area contributed by atoms with Crippen LogP contribution >= 0.6 is 27.5 Å². The fourth-order valence-corrected chi connectivity index (χ4v) is 2.88. The molecule has 0 radical (unpaired) electrons. The molecule has 0 amide bonds. The molecular weight excluding hydrogens is 300 g/mol. The Balaban J connectivity index is 2.22. The molecule has 2 rings (SSSR count). The number of benzene rings is 1. The van der Waals surface area contributed by atoms with Gasteiger partial charge in [-0.15, -0.1) is 0 Å². The Morgan fingerprint density at radius 2 is 2.18 bits per heavy atom. The quantitative estimate of drug-likeness (QED) is 0.772. The number of nitrogens with zero attached hydrogens (tertiary/aromatic N) is 2. The van der Waals surface area contributed by atoms with E-state index in [9.17, 15) is 0 Å². The average Bonchev–Trinajstić information content (AvgIpc) is 2.32. The van der Waals surface area contributed by atoms with Crippen LogP contribution in [0.2, 0.25) is 5.02 Å². The third-order valence-electron chi connectivity index (χ3n) is 3.49. The molecule has 0 saturated carbocycles. The first kappa shape index (κ1) is 13.2. The van der Waals surface area contributed by atoms with Gasteiger partial charge in [-0.25, -0.2) is 0 Å². The summed E-state index contributed by atoms with van der Waals surface area (Å²) >= 11 is 9.58. The first-order valence-corrected chi connectivity index (χ1v) is 7.41. The van der Waals surface area contributed by atoms with E-state index in [4.69, 9.17) is 11.6 Å². The molecule has 94 valence electrons. The smallest absolute Gasteiger partial charge is 0.0410 e. The molecule has 17 heavy (non-hydrogen) atoms. The number of alkyl halides is 1. The molecule has 0 bridgehead atoms. The molecular formula is C13H18BrClN2. The molecule has 1 fully saturated rings. The van der Waals surface area contributed by atoms with Gasteiger partial charge in [0, 0.05) is 41.7 Å². The molecule has 1 aromatic carbocycles. The van der Waals surface area contributed by atoms with Crippen LogP contribution in [-0.4, -0.2) is 37.6 Å². The summed E-state index contributed by atoms with van der Waals surface area (Å²) < 4.78 is 0. The van der Waals surface area contributed by atoms with Crippen LogP contribution in [-0.2, 0) is 5.33 Å². The van der Waals surface area contributed by atoms with Crippen molar-refractivity contribution in [3.8, 4) is 0 Å². The van der Waals surface area contributed by atoms with Gasteiger partial charge in [-0.1, -0.05) is 27.5 Å². The highest BCUT2D eigenvalue weighted by Crippen LogP contribution is 2.27. The maximum atomic E-state index is 6.04. The van der Waals surface area contributed by atoms with Crippen molar-refractivity contribution in [3.05, 3.63) is 28.8 Å². The lowest BCUT2D eigenvalue weighted by Crippen LogP contribution is -2.50. The van der Waals surface area contributed by atoms with Crippen LogP contribution in [0.3, 0.4) is 0 Å². The minimum absolute atomic E-state index is 0.600. The number of halogens is 2. The number of likely N-dealkylation sites (N-methyl/N-ethyl adjacent to an activating group) is 1. The van der Waals surface area contributed by atoms with Crippen molar-refractivity contribution in [3.63, 3.8) is 0 Å². The summed E-state index contributed by atoms with van der Waals surface area (Å²) in [6, 6.07) is 6.76. The molecule has 0 N–H and O–H groups in total. The summed E-state index contributed by atoms with van der Waals surface area (Å²) in [5.74, 6) is 0. The average molecular weight is 318 g/mol. The zero-order chi connectivity index (χ0) is 12.4. The SMILES string of the molecule is CC1CN(c2ccc(Cl)cc2CBr)CCN1C. The van der Waals surface area contributed by atoms with E-state index < -0.39 is 0 Å². The molecule has 1 aliphatic heterocycles. The first-order valence-electron chi connectivity index (χ1n) is 5.91. The van der Waals surface area contributed by atoms with Gasteiger partial charge in [-0.05, 0) is 37.7 Å². The second kappa shape index (κ2) is 5.59. The molecule has 1 unspecified atom stereocenters. The van der Waals surface area contributed by atoms with Gasteiger partial charge < -0.3 is 9.80 Å². The van der Waals surface area contributed by atoms with E-state index in [0.717, 1.165) is 30.0 Å². The van der Waals surface area contributed by atoms with E-state index >= 15 is 0 Å². The van der Waals surface area contributed by atoms with Gasteiger partial charge in [-0.2, -0.15) is 0 Å². The van der Waals surface area contributed by atoms with E-state index in [1.807, 2.05) is 6.07 Å². The Kier molecular flexibility index (Phi) is 4.34. The van der Waals surface area contributed by atoms with Gasteiger partial charge in [0.25, 0.3) is 0 Å². The maximum Gasteiger partial charge on any atom is 0.0410 e. The number of piperazine rings is 1. The molecule has 0 aliphatic carbocycles. The van der Waals surface area contributed by atoms with E-state index in [-0.39, 0.29) is 0 Å². The molecule has 1 heterocycles. The van der Waals surface area contributed by atoms with Crippen LogP contribution in [0.15, 0.2) is 18.2 Å². The zero-order valence-electron chi connectivity index (χ0n) is 10.3. The van der Waals surface area contributed by atoms with Crippen LogP contribution in [0.25, 0.3) is 0 Å². The highest BCUT2D eigenvalue weighted by molar-refractivity contribution is 9.08. The fourth-order valence-electron chi connectivity index (χ4n) is 2.24. The largest absolute Gasteiger partial charge is 0.368 e. The Morgan fingerprint density at radius 3 is 2.82 bits per heavy atom. The Hall–Kier alpha value is -0.250.